The number of ether oxygens (including phenoxy) is 1. The highest BCUT2D eigenvalue weighted by molar-refractivity contribution is 7.10. The quantitative estimate of drug-likeness (QED) is 0.791. The lowest BCUT2D eigenvalue weighted by atomic mass is 10.0. The van der Waals surface area contributed by atoms with Crippen molar-refractivity contribution in [2.75, 3.05) is 13.7 Å². The van der Waals surface area contributed by atoms with Crippen molar-refractivity contribution in [1.29, 1.82) is 0 Å². The van der Waals surface area contributed by atoms with Gasteiger partial charge < -0.3 is 4.74 Å². The largest absolute Gasteiger partial charge is 0.384 e. The monoisotopic (exact) mass is 225 g/mol. The summed E-state index contributed by atoms with van der Waals surface area (Å²) in [5.74, 6) is 0.830. The van der Waals surface area contributed by atoms with Crippen LogP contribution in [-0.4, -0.2) is 24.5 Å². The van der Waals surface area contributed by atoms with Crippen LogP contribution < -0.4 is 0 Å². The summed E-state index contributed by atoms with van der Waals surface area (Å²) in [5, 5.41) is 0. The van der Waals surface area contributed by atoms with E-state index >= 15 is 0 Å². The van der Waals surface area contributed by atoms with Crippen LogP contribution in [0.25, 0.3) is 0 Å². The zero-order valence-electron chi connectivity index (χ0n) is 9.03. The second-order valence-electron chi connectivity index (χ2n) is 4.08. The Balaban J connectivity index is 2.12. The van der Waals surface area contributed by atoms with Gasteiger partial charge >= 0.3 is 0 Å². The molecule has 0 aromatic carbocycles. The first-order chi connectivity index (χ1) is 7.22. The van der Waals surface area contributed by atoms with E-state index in [1.807, 2.05) is 12.4 Å². The minimum absolute atomic E-state index is 0.0812. The molecule has 0 bridgehead atoms. The summed E-state index contributed by atoms with van der Waals surface area (Å²) < 4.78 is 5.11. The number of carbonyl (C=O) groups is 1. The molecule has 3 nitrogen and oxygen atoms in total. The van der Waals surface area contributed by atoms with Gasteiger partial charge in [-0.3, -0.25) is 4.79 Å². The van der Waals surface area contributed by atoms with Crippen LogP contribution in [0.1, 0.15) is 29.3 Å². The lowest BCUT2D eigenvalue weighted by Gasteiger charge is -2.07. The number of methoxy groups -OCH3 is 1. The maximum Gasteiger partial charge on any atom is 0.141 e. The van der Waals surface area contributed by atoms with Crippen molar-refractivity contribution in [2.24, 2.45) is 5.92 Å². The van der Waals surface area contributed by atoms with Gasteiger partial charge in [-0.2, -0.15) is 0 Å². The fourth-order valence-electron chi connectivity index (χ4n) is 2.24. The topological polar surface area (TPSA) is 39.2 Å². The number of rotatable bonds is 3. The molecule has 1 aromatic rings. The molecular weight excluding hydrogens is 210 g/mol. The Labute approximate surface area is 93.5 Å². The predicted molar refractivity (Wildman–Crippen MR) is 59.2 cm³/mol. The lowest BCUT2D eigenvalue weighted by molar-refractivity contribution is -0.118. The summed E-state index contributed by atoms with van der Waals surface area (Å²) in [6.45, 7) is 2.67. The van der Waals surface area contributed by atoms with Crippen LogP contribution in [0.2, 0.25) is 0 Å². The molecule has 82 valence electrons. The Hall–Kier alpha value is -0.740. The van der Waals surface area contributed by atoms with Crippen LogP contribution in [0, 0.1) is 12.8 Å². The van der Waals surface area contributed by atoms with E-state index in [0.717, 1.165) is 17.0 Å². The normalized spacial score (nSPS) is 26.1. The third-order valence-electron chi connectivity index (χ3n) is 2.95. The number of aromatic nitrogens is 1. The van der Waals surface area contributed by atoms with Gasteiger partial charge in [-0.1, -0.05) is 0 Å². The summed E-state index contributed by atoms with van der Waals surface area (Å²) in [7, 11) is 1.69. The van der Waals surface area contributed by atoms with Crippen LogP contribution in [0.3, 0.4) is 0 Å². The fourth-order valence-corrected chi connectivity index (χ4v) is 3.18. The van der Waals surface area contributed by atoms with E-state index in [1.165, 1.54) is 0 Å². The van der Waals surface area contributed by atoms with Crippen molar-refractivity contribution in [3.05, 3.63) is 16.1 Å². The van der Waals surface area contributed by atoms with Gasteiger partial charge in [0.25, 0.3) is 0 Å². The average molecular weight is 225 g/mol. The molecule has 0 spiro atoms. The van der Waals surface area contributed by atoms with E-state index in [9.17, 15) is 4.79 Å². The van der Waals surface area contributed by atoms with Crippen LogP contribution in [0.15, 0.2) is 5.51 Å². The zero-order chi connectivity index (χ0) is 10.8. The molecule has 15 heavy (non-hydrogen) atoms. The molecular formula is C11H15NO2S. The van der Waals surface area contributed by atoms with Gasteiger partial charge in [0.05, 0.1) is 17.1 Å². The molecule has 0 radical (unpaired) electrons. The Morgan fingerprint density at radius 1 is 1.67 bits per heavy atom. The third-order valence-corrected chi connectivity index (χ3v) is 3.99. The summed E-state index contributed by atoms with van der Waals surface area (Å²) in [4.78, 5) is 17.2. The van der Waals surface area contributed by atoms with Gasteiger partial charge in [-0.05, 0) is 19.3 Å². The molecule has 0 amide bonds. The number of thiazole rings is 1. The van der Waals surface area contributed by atoms with Crippen LogP contribution in [0.5, 0.6) is 0 Å². The highest BCUT2D eigenvalue weighted by Crippen LogP contribution is 2.38. The van der Waals surface area contributed by atoms with E-state index in [-0.39, 0.29) is 5.92 Å². The number of hydrogen-bond acceptors (Lipinski definition) is 4. The highest BCUT2D eigenvalue weighted by Gasteiger charge is 2.35. The minimum Gasteiger partial charge on any atom is -0.384 e. The fraction of sp³-hybridized carbons (Fsp3) is 0.636. The molecule has 2 atom stereocenters. The molecule has 1 aromatic heterocycles. The van der Waals surface area contributed by atoms with Crippen LogP contribution in [-0.2, 0) is 9.53 Å². The van der Waals surface area contributed by atoms with Gasteiger partial charge in [-0.25, -0.2) is 4.98 Å². The number of hydrogen-bond donors (Lipinski definition) is 0. The van der Waals surface area contributed by atoms with E-state index in [2.05, 4.69) is 4.98 Å². The Morgan fingerprint density at radius 2 is 2.47 bits per heavy atom. The summed E-state index contributed by atoms with van der Waals surface area (Å²) in [6, 6.07) is 0. The molecule has 2 unspecified atom stereocenters. The van der Waals surface area contributed by atoms with Crippen molar-refractivity contribution >= 4 is 17.1 Å². The van der Waals surface area contributed by atoms with E-state index in [0.29, 0.717) is 24.7 Å². The van der Waals surface area contributed by atoms with Gasteiger partial charge in [0, 0.05) is 25.0 Å². The molecule has 1 saturated carbocycles. The van der Waals surface area contributed by atoms with Gasteiger partial charge in [0.1, 0.15) is 5.78 Å². The minimum atomic E-state index is 0.0812. The first-order valence-electron chi connectivity index (χ1n) is 5.14. The Bertz CT molecular complexity index is 361. The molecule has 0 aliphatic heterocycles. The summed E-state index contributed by atoms with van der Waals surface area (Å²) >= 11 is 1.60. The number of nitrogens with zero attached hydrogens (tertiary/aromatic N) is 1. The maximum atomic E-state index is 11.8. The Morgan fingerprint density at radius 3 is 3.07 bits per heavy atom. The second kappa shape index (κ2) is 4.41. The maximum absolute atomic E-state index is 11.8. The van der Waals surface area contributed by atoms with E-state index in [4.69, 9.17) is 4.74 Å². The molecule has 0 N–H and O–H groups in total. The lowest BCUT2D eigenvalue weighted by Crippen LogP contribution is -2.03. The molecule has 1 heterocycles. The molecule has 0 saturated heterocycles. The van der Waals surface area contributed by atoms with Crippen molar-refractivity contribution < 1.29 is 9.53 Å². The predicted octanol–water partition coefficient (Wildman–Crippen LogP) is 2.16. The first kappa shape index (κ1) is 10.8. The zero-order valence-corrected chi connectivity index (χ0v) is 9.84. The summed E-state index contributed by atoms with van der Waals surface area (Å²) in [6.07, 6.45) is 1.59. The second-order valence-corrected chi connectivity index (χ2v) is 4.97. The van der Waals surface area contributed by atoms with Gasteiger partial charge in [-0.15, -0.1) is 11.3 Å². The first-order valence-corrected chi connectivity index (χ1v) is 6.02. The number of Topliss-reactive ketones (excluding diaryl/α,β-unsaturated/α-hetero) is 1. The average Bonchev–Trinajstić information content (AvgIpc) is 2.73. The molecule has 1 fully saturated rings. The SMILES string of the molecule is COCC1CC(=O)C(c2scnc2C)C1. The number of aryl methyl sites for hydroxylation is 1. The summed E-state index contributed by atoms with van der Waals surface area (Å²) in [5.41, 5.74) is 2.83. The smallest absolute Gasteiger partial charge is 0.141 e. The van der Waals surface area contributed by atoms with Gasteiger partial charge in [0.15, 0.2) is 0 Å². The number of carbonyl (C=O) groups excluding carboxylic acids is 1. The standard InChI is InChI=1S/C11H15NO2S/c1-7-11(15-6-12-7)9-3-8(5-14-2)4-10(9)13/h6,8-9H,3-5H2,1-2H3. The molecule has 1 aliphatic carbocycles. The van der Waals surface area contributed by atoms with E-state index < -0.39 is 0 Å². The van der Waals surface area contributed by atoms with Crippen molar-refractivity contribution in [2.45, 2.75) is 25.7 Å². The Kier molecular flexibility index (Phi) is 3.17. The highest BCUT2D eigenvalue weighted by atomic mass is 32.1. The van der Waals surface area contributed by atoms with Crippen LogP contribution >= 0.6 is 11.3 Å². The van der Waals surface area contributed by atoms with Crippen molar-refractivity contribution in [3.63, 3.8) is 0 Å². The van der Waals surface area contributed by atoms with E-state index in [1.54, 1.807) is 18.4 Å². The van der Waals surface area contributed by atoms with Crippen LogP contribution in [0.4, 0.5) is 0 Å². The molecule has 4 heteroatoms. The molecule has 1 aliphatic rings. The third kappa shape index (κ3) is 2.11. The number of ketones is 1. The van der Waals surface area contributed by atoms with Crippen molar-refractivity contribution in [3.8, 4) is 0 Å². The molecule has 2 rings (SSSR count). The van der Waals surface area contributed by atoms with Gasteiger partial charge in [0.2, 0.25) is 0 Å². The van der Waals surface area contributed by atoms with Crippen molar-refractivity contribution in [1.82, 2.24) is 4.98 Å².